The lowest BCUT2D eigenvalue weighted by Crippen LogP contribution is -2.16. The Balaban J connectivity index is 3.59. The molecule has 80 valence electrons. The molecule has 0 aliphatic heterocycles. The number of hydrogen-bond acceptors (Lipinski definition) is 3. The van der Waals surface area contributed by atoms with Crippen LogP contribution in [0, 0.1) is 11.6 Å². The summed E-state index contributed by atoms with van der Waals surface area (Å²) in [5, 5.41) is 17.4. The maximum absolute atomic E-state index is 12.9. The van der Waals surface area contributed by atoms with Crippen LogP contribution in [0.15, 0.2) is 6.07 Å². The van der Waals surface area contributed by atoms with Crippen molar-refractivity contribution in [2.24, 2.45) is 5.73 Å². The Hall–Kier alpha value is -2.18. The third-order valence-electron chi connectivity index (χ3n) is 1.68. The van der Waals surface area contributed by atoms with E-state index in [-0.39, 0.29) is 0 Å². The van der Waals surface area contributed by atoms with E-state index < -0.39 is 40.4 Å². The van der Waals surface area contributed by atoms with E-state index >= 15 is 0 Å². The number of carboxylic acids is 1. The third-order valence-corrected chi connectivity index (χ3v) is 1.68. The first-order chi connectivity index (χ1) is 6.86. The summed E-state index contributed by atoms with van der Waals surface area (Å²) in [4.78, 5) is 21.1. The average molecular weight is 217 g/mol. The molecule has 1 amide bonds. The summed E-state index contributed by atoms with van der Waals surface area (Å²) in [5.41, 5.74) is 2.83. The zero-order chi connectivity index (χ0) is 11.7. The number of aromatic hydroxyl groups is 1. The molecule has 4 N–H and O–H groups in total. The smallest absolute Gasteiger partial charge is 0.339 e. The van der Waals surface area contributed by atoms with E-state index in [1.165, 1.54) is 0 Å². The first-order valence-electron chi connectivity index (χ1n) is 3.60. The van der Waals surface area contributed by atoms with Crippen LogP contribution in [0.3, 0.4) is 0 Å². The Kier molecular flexibility index (Phi) is 2.56. The van der Waals surface area contributed by atoms with Crippen LogP contribution in [0.2, 0.25) is 0 Å². The van der Waals surface area contributed by atoms with Crippen molar-refractivity contribution in [2.45, 2.75) is 0 Å². The van der Waals surface area contributed by atoms with Crippen molar-refractivity contribution in [1.29, 1.82) is 0 Å². The normalized spacial score (nSPS) is 10.0. The third kappa shape index (κ3) is 1.71. The second-order valence-electron chi connectivity index (χ2n) is 2.62. The van der Waals surface area contributed by atoms with Crippen LogP contribution in [0.4, 0.5) is 8.78 Å². The Morgan fingerprint density at radius 1 is 1.20 bits per heavy atom. The van der Waals surface area contributed by atoms with Gasteiger partial charge in [-0.2, -0.15) is 4.39 Å². The predicted molar refractivity (Wildman–Crippen MR) is 43.5 cm³/mol. The van der Waals surface area contributed by atoms with Crippen molar-refractivity contribution in [3.05, 3.63) is 28.8 Å². The monoisotopic (exact) mass is 217 g/mol. The zero-order valence-corrected chi connectivity index (χ0v) is 7.12. The summed E-state index contributed by atoms with van der Waals surface area (Å²) in [6.07, 6.45) is 0. The van der Waals surface area contributed by atoms with E-state index in [1.54, 1.807) is 0 Å². The number of rotatable bonds is 2. The Morgan fingerprint density at radius 2 is 1.73 bits per heavy atom. The molecular formula is C8H5F2NO4. The van der Waals surface area contributed by atoms with E-state index in [1.807, 2.05) is 0 Å². The van der Waals surface area contributed by atoms with Crippen LogP contribution in [-0.4, -0.2) is 22.1 Å². The van der Waals surface area contributed by atoms with Gasteiger partial charge in [0, 0.05) is 0 Å². The fraction of sp³-hybridized carbons (Fsp3) is 0. The molecule has 0 aliphatic carbocycles. The minimum atomic E-state index is -1.82. The van der Waals surface area contributed by atoms with Crippen molar-refractivity contribution in [1.82, 2.24) is 0 Å². The molecule has 5 nitrogen and oxygen atoms in total. The number of benzene rings is 1. The van der Waals surface area contributed by atoms with Crippen LogP contribution >= 0.6 is 0 Å². The Labute approximate surface area is 81.7 Å². The number of primary amides is 1. The van der Waals surface area contributed by atoms with Crippen LogP contribution in [0.25, 0.3) is 0 Å². The second kappa shape index (κ2) is 3.52. The molecule has 0 unspecified atom stereocenters. The number of aromatic carboxylic acids is 1. The van der Waals surface area contributed by atoms with Gasteiger partial charge in [-0.25, -0.2) is 9.18 Å². The minimum Gasteiger partial charge on any atom is -0.504 e. The number of carbonyl (C=O) groups excluding carboxylic acids is 1. The van der Waals surface area contributed by atoms with Gasteiger partial charge in [0.05, 0.1) is 5.56 Å². The van der Waals surface area contributed by atoms with Crippen molar-refractivity contribution in [3.63, 3.8) is 0 Å². The summed E-state index contributed by atoms with van der Waals surface area (Å²) in [5.74, 6) is -7.89. The van der Waals surface area contributed by atoms with Crippen molar-refractivity contribution >= 4 is 11.9 Å². The molecule has 0 heterocycles. The molecule has 0 aliphatic rings. The molecule has 1 aromatic rings. The van der Waals surface area contributed by atoms with Crippen LogP contribution in [0.1, 0.15) is 20.7 Å². The van der Waals surface area contributed by atoms with Gasteiger partial charge in [-0.1, -0.05) is 0 Å². The Morgan fingerprint density at radius 3 is 2.13 bits per heavy atom. The van der Waals surface area contributed by atoms with Gasteiger partial charge in [0.1, 0.15) is 5.56 Å². The number of amides is 1. The maximum atomic E-state index is 12.9. The van der Waals surface area contributed by atoms with E-state index in [4.69, 9.17) is 10.2 Å². The molecular weight excluding hydrogens is 212 g/mol. The van der Waals surface area contributed by atoms with Gasteiger partial charge in [0.25, 0.3) is 5.91 Å². The van der Waals surface area contributed by atoms with Gasteiger partial charge in [0.15, 0.2) is 11.6 Å². The molecule has 0 atom stereocenters. The molecule has 0 aromatic heterocycles. The van der Waals surface area contributed by atoms with Gasteiger partial charge in [0.2, 0.25) is 5.82 Å². The SMILES string of the molecule is NC(=O)c1cc(C(=O)O)c(O)c(F)c1F. The topological polar surface area (TPSA) is 101 Å². The van der Waals surface area contributed by atoms with Crippen LogP contribution < -0.4 is 5.73 Å². The van der Waals surface area contributed by atoms with E-state index in [0.29, 0.717) is 6.07 Å². The molecule has 0 saturated carbocycles. The highest BCUT2D eigenvalue weighted by Crippen LogP contribution is 2.26. The summed E-state index contributed by atoms with van der Waals surface area (Å²) in [6.45, 7) is 0. The van der Waals surface area contributed by atoms with E-state index in [0.717, 1.165) is 0 Å². The Bertz CT molecular complexity index is 420. The van der Waals surface area contributed by atoms with E-state index in [9.17, 15) is 18.4 Å². The highest BCUT2D eigenvalue weighted by atomic mass is 19.2. The lowest BCUT2D eigenvalue weighted by molar-refractivity contribution is 0.0692. The molecule has 1 aromatic carbocycles. The van der Waals surface area contributed by atoms with Crippen molar-refractivity contribution in [3.8, 4) is 5.75 Å². The summed E-state index contributed by atoms with van der Waals surface area (Å²) < 4.78 is 25.8. The van der Waals surface area contributed by atoms with Gasteiger partial charge < -0.3 is 15.9 Å². The lowest BCUT2D eigenvalue weighted by Gasteiger charge is -2.05. The maximum Gasteiger partial charge on any atom is 0.339 e. The van der Waals surface area contributed by atoms with E-state index in [2.05, 4.69) is 5.73 Å². The zero-order valence-electron chi connectivity index (χ0n) is 7.12. The van der Waals surface area contributed by atoms with Crippen molar-refractivity contribution < 1.29 is 28.6 Å². The number of hydrogen-bond donors (Lipinski definition) is 3. The molecule has 1 rings (SSSR count). The predicted octanol–water partition coefficient (Wildman–Crippen LogP) is 0.467. The molecule has 0 bridgehead atoms. The number of carbonyl (C=O) groups is 2. The summed E-state index contributed by atoms with van der Waals surface area (Å²) in [6, 6.07) is 0.471. The van der Waals surface area contributed by atoms with Gasteiger partial charge in [-0.15, -0.1) is 0 Å². The summed E-state index contributed by atoms with van der Waals surface area (Å²) in [7, 11) is 0. The number of phenols is 1. The number of carboxylic acid groups (broad SMARTS) is 1. The number of nitrogens with two attached hydrogens (primary N) is 1. The quantitative estimate of drug-likeness (QED) is 0.670. The fourth-order valence-electron chi connectivity index (χ4n) is 0.959. The fourth-order valence-corrected chi connectivity index (χ4v) is 0.959. The molecule has 15 heavy (non-hydrogen) atoms. The molecule has 0 fully saturated rings. The highest BCUT2D eigenvalue weighted by Gasteiger charge is 2.23. The molecule has 0 radical (unpaired) electrons. The van der Waals surface area contributed by atoms with Crippen LogP contribution in [-0.2, 0) is 0 Å². The second-order valence-corrected chi connectivity index (χ2v) is 2.62. The molecule has 0 saturated heterocycles. The lowest BCUT2D eigenvalue weighted by atomic mass is 10.1. The first kappa shape index (κ1) is 10.9. The van der Waals surface area contributed by atoms with Crippen molar-refractivity contribution in [2.75, 3.05) is 0 Å². The standard InChI is InChI=1S/C8H5F2NO4/c9-4-2(7(11)13)1-3(8(14)15)6(12)5(4)10/h1,12H,(H2,11,13)(H,14,15). The largest absolute Gasteiger partial charge is 0.504 e. The van der Waals surface area contributed by atoms with Gasteiger partial charge >= 0.3 is 5.97 Å². The van der Waals surface area contributed by atoms with Gasteiger partial charge in [-0.3, -0.25) is 4.79 Å². The first-order valence-corrected chi connectivity index (χ1v) is 3.60. The average Bonchev–Trinajstić information content (AvgIpc) is 2.13. The molecule has 0 spiro atoms. The van der Waals surface area contributed by atoms with Gasteiger partial charge in [-0.05, 0) is 6.07 Å². The minimum absolute atomic E-state index is 0.471. The van der Waals surface area contributed by atoms with Crippen LogP contribution in [0.5, 0.6) is 5.75 Å². The molecule has 7 heteroatoms. The summed E-state index contributed by atoms with van der Waals surface area (Å²) >= 11 is 0. The highest BCUT2D eigenvalue weighted by molar-refractivity contribution is 5.98. The number of halogens is 2.